The molecule has 9 aromatic carbocycles. The van der Waals surface area contributed by atoms with Crippen molar-refractivity contribution in [3.8, 4) is 90.6 Å². The quantitative estimate of drug-likeness (QED) is 0.143. The van der Waals surface area contributed by atoms with E-state index >= 15 is 0 Å². The predicted molar refractivity (Wildman–Crippen MR) is 252 cm³/mol. The Bertz CT molecular complexity index is 3260. The predicted octanol–water partition coefficient (Wildman–Crippen LogP) is 13.7. The molecule has 11 rings (SSSR count). The molecule has 0 atom stereocenters. The summed E-state index contributed by atoms with van der Waals surface area (Å²) in [4.78, 5) is 30.0. The van der Waals surface area contributed by atoms with Crippen LogP contribution in [-0.4, -0.2) is 29.9 Å². The van der Waals surface area contributed by atoms with E-state index in [1.165, 1.54) is 10.8 Å². The molecule has 11 aromatic rings. The number of fused-ring (bicyclic) bond motifs is 3. The van der Waals surface area contributed by atoms with E-state index in [4.69, 9.17) is 29.9 Å². The normalized spacial score (nSPS) is 11.2. The molecular formula is C56H36N6. The zero-order valence-electron chi connectivity index (χ0n) is 33.5. The lowest BCUT2D eigenvalue weighted by Crippen LogP contribution is -2.00. The van der Waals surface area contributed by atoms with Crippen LogP contribution in [0.25, 0.3) is 112 Å². The molecular weight excluding hydrogens is 757 g/mol. The fraction of sp³-hybridized carbons (Fsp3) is 0. The molecule has 290 valence electrons. The van der Waals surface area contributed by atoms with E-state index in [1.54, 1.807) is 0 Å². The third-order valence-electron chi connectivity index (χ3n) is 11.2. The Morgan fingerprint density at radius 1 is 0.177 bits per heavy atom. The van der Waals surface area contributed by atoms with E-state index < -0.39 is 0 Å². The smallest absolute Gasteiger partial charge is 0.164 e. The van der Waals surface area contributed by atoms with Gasteiger partial charge in [0.05, 0.1) is 0 Å². The molecule has 0 aliphatic rings. The van der Waals surface area contributed by atoms with Gasteiger partial charge in [-0.2, -0.15) is 0 Å². The highest BCUT2D eigenvalue weighted by Crippen LogP contribution is 2.45. The monoisotopic (exact) mass is 792 g/mol. The molecule has 0 aliphatic carbocycles. The highest BCUT2D eigenvalue weighted by atomic mass is 15.0. The Morgan fingerprint density at radius 3 is 0.823 bits per heavy atom. The summed E-state index contributed by atoms with van der Waals surface area (Å²) < 4.78 is 0. The van der Waals surface area contributed by atoms with Crippen molar-refractivity contribution in [2.75, 3.05) is 0 Å². The van der Waals surface area contributed by atoms with Crippen LogP contribution in [0.5, 0.6) is 0 Å². The molecule has 62 heavy (non-hydrogen) atoms. The molecule has 6 nitrogen and oxygen atoms in total. The summed E-state index contributed by atoms with van der Waals surface area (Å²) >= 11 is 0. The number of rotatable bonds is 8. The van der Waals surface area contributed by atoms with Crippen LogP contribution in [0.4, 0.5) is 0 Å². The molecule has 6 heteroatoms. The first-order chi connectivity index (χ1) is 30.7. The van der Waals surface area contributed by atoms with E-state index in [0.29, 0.717) is 34.9 Å². The third-order valence-corrected chi connectivity index (χ3v) is 11.2. The Hall–Kier alpha value is -8.48. The van der Waals surface area contributed by atoms with Crippen LogP contribution < -0.4 is 0 Å². The first-order valence-electron chi connectivity index (χ1n) is 20.6. The van der Waals surface area contributed by atoms with E-state index in [9.17, 15) is 0 Å². The fourth-order valence-electron chi connectivity index (χ4n) is 8.22. The minimum Gasteiger partial charge on any atom is -0.208 e. The van der Waals surface area contributed by atoms with Crippen molar-refractivity contribution in [3.05, 3.63) is 218 Å². The largest absolute Gasteiger partial charge is 0.208 e. The van der Waals surface area contributed by atoms with Gasteiger partial charge >= 0.3 is 0 Å². The van der Waals surface area contributed by atoms with Gasteiger partial charge in [0.15, 0.2) is 34.9 Å². The molecule has 0 bridgehead atoms. The maximum absolute atomic E-state index is 5.08. The lowest BCUT2D eigenvalue weighted by molar-refractivity contribution is 1.07. The maximum atomic E-state index is 5.08. The molecule has 0 spiro atoms. The fourth-order valence-corrected chi connectivity index (χ4v) is 8.22. The molecule has 0 fully saturated rings. The highest BCUT2D eigenvalue weighted by molar-refractivity contribution is 6.21. The van der Waals surface area contributed by atoms with E-state index in [1.807, 2.05) is 121 Å². The summed E-state index contributed by atoms with van der Waals surface area (Å²) in [5, 5.41) is 4.70. The van der Waals surface area contributed by atoms with Crippen LogP contribution in [0.1, 0.15) is 0 Å². The zero-order valence-corrected chi connectivity index (χ0v) is 33.5. The third kappa shape index (κ3) is 6.95. The van der Waals surface area contributed by atoms with Gasteiger partial charge in [-0.15, -0.1) is 0 Å². The molecule has 0 radical (unpaired) electrons. The standard InChI is InChI=1S/C56H36N6/c1-5-18-38(19-6-1)51-57-52(39-20-7-2-8-21-39)60-55(59-51)42-34-32-37(33-35-42)49-47-30-15-13-28-45(47)46-29-14-16-31-48(46)50(49)43-26-17-27-44(36-43)56-61-53(40-22-9-3-10-23-40)58-54(62-56)41-24-11-4-12-25-41/h1-36H. The van der Waals surface area contributed by atoms with Crippen molar-refractivity contribution in [2.45, 2.75) is 0 Å². The first kappa shape index (κ1) is 36.6. The first-order valence-corrected chi connectivity index (χ1v) is 20.6. The SMILES string of the molecule is c1ccc(-c2nc(-c3ccccc3)nc(-c3ccc(-c4c(-c5cccc(-c6nc(-c7ccccc7)nc(-c7ccccc7)n6)c5)c5ccccc5c5ccccc45)cc3)n2)cc1. The highest BCUT2D eigenvalue weighted by Gasteiger charge is 2.20. The second kappa shape index (κ2) is 15.9. The Balaban J connectivity index is 1.08. The molecule has 0 aliphatic heterocycles. The number of nitrogens with zero attached hydrogens (tertiary/aromatic N) is 6. The topological polar surface area (TPSA) is 77.3 Å². The summed E-state index contributed by atoms with van der Waals surface area (Å²) in [6, 6.07) is 74.9. The van der Waals surface area contributed by atoms with Gasteiger partial charge in [0.2, 0.25) is 0 Å². The van der Waals surface area contributed by atoms with Crippen molar-refractivity contribution in [3.63, 3.8) is 0 Å². The van der Waals surface area contributed by atoms with E-state index in [0.717, 1.165) is 66.4 Å². The minimum absolute atomic E-state index is 0.609. The van der Waals surface area contributed by atoms with E-state index in [-0.39, 0.29) is 0 Å². The van der Waals surface area contributed by atoms with Gasteiger partial charge in [0.25, 0.3) is 0 Å². The van der Waals surface area contributed by atoms with Gasteiger partial charge < -0.3 is 0 Å². The maximum Gasteiger partial charge on any atom is 0.164 e. The summed E-state index contributed by atoms with van der Waals surface area (Å²) in [6.07, 6.45) is 0. The number of aromatic nitrogens is 6. The van der Waals surface area contributed by atoms with Crippen LogP contribution in [0, 0.1) is 0 Å². The minimum atomic E-state index is 0.609. The molecule has 0 N–H and O–H groups in total. The Labute approximate surface area is 359 Å². The van der Waals surface area contributed by atoms with Gasteiger partial charge in [-0.1, -0.05) is 212 Å². The van der Waals surface area contributed by atoms with Crippen LogP contribution in [0.3, 0.4) is 0 Å². The van der Waals surface area contributed by atoms with Crippen molar-refractivity contribution in [1.29, 1.82) is 0 Å². The van der Waals surface area contributed by atoms with Crippen molar-refractivity contribution >= 4 is 21.5 Å². The summed E-state index contributed by atoms with van der Waals surface area (Å²) in [5.41, 5.74) is 9.94. The molecule has 2 heterocycles. The Morgan fingerprint density at radius 2 is 0.435 bits per heavy atom. The average molecular weight is 793 g/mol. The second-order valence-electron chi connectivity index (χ2n) is 15.1. The molecule has 0 saturated heterocycles. The summed E-state index contributed by atoms with van der Waals surface area (Å²) in [7, 11) is 0. The summed E-state index contributed by atoms with van der Waals surface area (Å²) in [6.45, 7) is 0. The molecule has 2 aromatic heterocycles. The molecule has 0 unspecified atom stereocenters. The lowest BCUT2D eigenvalue weighted by Gasteiger charge is -2.19. The molecule has 0 amide bonds. The number of benzene rings is 9. The number of hydrogen-bond donors (Lipinski definition) is 0. The van der Waals surface area contributed by atoms with Gasteiger partial charge in [-0.05, 0) is 49.9 Å². The zero-order chi connectivity index (χ0) is 41.2. The summed E-state index contributed by atoms with van der Waals surface area (Å²) in [5.74, 6) is 3.74. The van der Waals surface area contributed by atoms with Gasteiger partial charge in [0, 0.05) is 33.4 Å². The lowest BCUT2D eigenvalue weighted by atomic mass is 9.84. The molecule has 0 saturated carbocycles. The average Bonchev–Trinajstić information content (AvgIpc) is 3.37. The second-order valence-corrected chi connectivity index (χ2v) is 15.1. The van der Waals surface area contributed by atoms with Crippen molar-refractivity contribution in [1.82, 2.24) is 29.9 Å². The van der Waals surface area contributed by atoms with Crippen molar-refractivity contribution < 1.29 is 0 Å². The van der Waals surface area contributed by atoms with Crippen molar-refractivity contribution in [2.24, 2.45) is 0 Å². The number of hydrogen-bond acceptors (Lipinski definition) is 6. The van der Waals surface area contributed by atoms with Crippen LogP contribution in [-0.2, 0) is 0 Å². The Kier molecular flexibility index (Phi) is 9.41. The van der Waals surface area contributed by atoms with Gasteiger partial charge in [0.1, 0.15) is 0 Å². The van der Waals surface area contributed by atoms with Gasteiger partial charge in [-0.3, -0.25) is 0 Å². The van der Waals surface area contributed by atoms with Crippen LogP contribution in [0.15, 0.2) is 218 Å². The van der Waals surface area contributed by atoms with Gasteiger partial charge in [-0.25, -0.2) is 29.9 Å². The van der Waals surface area contributed by atoms with E-state index in [2.05, 4.69) is 97.1 Å². The van der Waals surface area contributed by atoms with Crippen LogP contribution >= 0.6 is 0 Å². The van der Waals surface area contributed by atoms with Crippen LogP contribution in [0.2, 0.25) is 0 Å².